The Kier molecular flexibility index (Phi) is 7.25. The summed E-state index contributed by atoms with van der Waals surface area (Å²) in [6.45, 7) is 10.1. The number of thiazole rings is 1. The molecule has 2 rings (SSSR count). The van der Waals surface area contributed by atoms with Gasteiger partial charge in [-0.1, -0.05) is 0 Å². The van der Waals surface area contributed by atoms with Crippen LogP contribution in [0.25, 0.3) is 0 Å². The molecule has 1 aliphatic rings. The lowest BCUT2D eigenvalue weighted by atomic mass is 9.96. The van der Waals surface area contributed by atoms with E-state index in [9.17, 15) is 4.79 Å². The number of hydrogen-bond acceptors (Lipinski definition) is 4. The lowest BCUT2D eigenvalue weighted by Crippen LogP contribution is -2.66. The van der Waals surface area contributed by atoms with Crippen molar-refractivity contribution in [2.45, 2.75) is 45.8 Å². The van der Waals surface area contributed by atoms with Gasteiger partial charge in [0.25, 0.3) is 0 Å². The SMILES string of the molecule is CN=C(NCc1nccs1)N1CC(=O)N(C(C)C)C(C)(C)C1.I. The molecular formula is C15H26IN5OS. The van der Waals surface area contributed by atoms with Gasteiger partial charge in [0.15, 0.2) is 5.96 Å². The van der Waals surface area contributed by atoms with Crippen LogP contribution >= 0.6 is 35.3 Å². The highest BCUT2D eigenvalue weighted by Gasteiger charge is 2.40. The second kappa shape index (κ2) is 8.27. The maximum absolute atomic E-state index is 12.5. The molecule has 0 aliphatic carbocycles. The second-order valence-corrected chi connectivity index (χ2v) is 7.33. The predicted molar refractivity (Wildman–Crippen MR) is 105 cm³/mol. The van der Waals surface area contributed by atoms with Crippen molar-refractivity contribution in [3.8, 4) is 0 Å². The van der Waals surface area contributed by atoms with Gasteiger partial charge < -0.3 is 15.1 Å². The Morgan fingerprint density at radius 3 is 2.70 bits per heavy atom. The average molecular weight is 451 g/mol. The molecule has 0 saturated carbocycles. The molecule has 130 valence electrons. The Bertz CT molecular complexity index is 544. The number of carbonyl (C=O) groups excluding carboxylic acids is 1. The quantitative estimate of drug-likeness (QED) is 0.435. The van der Waals surface area contributed by atoms with Crippen molar-refractivity contribution in [3.05, 3.63) is 16.6 Å². The summed E-state index contributed by atoms with van der Waals surface area (Å²) in [5.41, 5.74) is -0.220. The van der Waals surface area contributed by atoms with E-state index in [4.69, 9.17) is 0 Å². The lowest BCUT2D eigenvalue weighted by Gasteiger charge is -2.49. The van der Waals surface area contributed by atoms with E-state index in [1.165, 1.54) is 0 Å². The summed E-state index contributed by atoms with van der Waals surface area (Å²) >= 11 is 1.60. The lowest BCUT2D eigenvalue weighted by molar-refractivity contribution is -0.145. The monoisotopic (exact) mass is 451 g/mol. The van der Waals surface area contributed by atoms with E-state index in [1.807, 2.05) is 15.2 Å². The Hall–Kier alpha value is -0.900. The third-order valence-corrected chi connectivity index (χ3v) is 4.51. The van der Waals surface area contributed by atoms with E-state index in [2.05, 4.69) is 43.0 Å². The van der Waals surface area contributed by atoms with E-state index >= 15 is 0 Å². The van der Waals surface area contributed by atoms with Gasteiger partial charge in [-0.25, -0.2) is 4.98 Å². The molecule has 8 heteroatoms. The summed E-state index contributed by atoms with van der Waals surface area (Å²) in [7, 11) is 1.75. The molecule has 0 bridgehead atoms. The summed E-state index contributed by atoms with van der Waals surface area (Å²) in [6.07, 6.45) is 1.79. The molecule has 6 nitrogen and oxygen atoms in total. The standard InChI is InChI=1S/C15H25N5OS.HI/c1-11(2)20-13(21)9-19(10-15(20,3)4)14(16-5)18-8-12-17-6-7-22-12;/h6-7,11H,8-10H2,1-5H3,(H,16,18);1H. The summed E-state index contributed by atoms with van der Waals surface area (Å²) in [5, 5.41) is 6.26. The van der Waals surface area contributed by atoms with Gasteiger partial charge in [-0.3, -0.25) is 9.79 Å². The maximum Gasteiger partial charge on any atom is 0.242 e. The number of rotatable bonds is 3. The Morgan fingerprint density at radius 2 is 2.22 bits per heavy atom. The molecule has 0 radical (unpaired) electrons. The normalized spacial score (nSPS) is 18.2. The summed E-state index contributed by atoms with van der Waals surface area (Å²) < 4.78 is 0. The summed E-state index contributed by atoms with van der Waals surface area (Å²) in [6, 6.07) is 0.204. The predicted octanol–water partition coefficient (Wildman–Crippen LogP) is 2.17. The zero-order valence-corrected chi connectivity index (χ0v) is 17.5. The molecule has 0 aromatic carbocycles. The van der Waals surface area contributed by atoms with Crippen molar-refractivity contribution in [1.29, 1.82) is 0 Å². The minimum atomic E-state index is -0.220. The van der Waals surface area contributed by atoms with Crippen LogP contribution in [-0.4, -0.2) is 58.4 Å². The first-order valence-electron chi connectivity index (χ1n) is 7.51. The van der Waals surface area contributed by atoms with Gasteiger partial charge in [0.2, 0.25) is 5.91 Å². The third kappa shape index (κ3) is 4.79. The highest BCUT2D eigenvalue weighted by molar-refractivity contribution is 14.0. The van der Waals surface area contributed by atoms with Crippen molar-refractivity contribution >= 4 is 47.2 Å². The Labute approximate surface area is 159 Å². The van der Waals surface area contributed by atoms with Gasteiger partial charge in [0.1, 0.15) is 5.01 Å². The minimum absolute atomic E-state index is 0. The molecule has 2 heterocycles. The fourth-order valence-electron chi connectivity index (χ4n) is 3.14. The van der Waals surface area contributed by atoms with Crippen molar-refractivity contribution < 1.29 is 4.79 Å². The average Bonchev–Trinajstić information content (AvgIpc) is 2.90. The van der Waals surface area contributed by atoms with Crippen molar-refractivity contribution in [1.82, 2.24) is 20.1 Å². The largest absolute Gasteiger partial charge is 0.350 e. The number of nitrogens with one attached hydrogen (secondary N) is 1. The van der Waals surface area contributed by atoms with E-state index in [1.54, 1.807) is 24.6 Å². The van der Waals surface area contributed by atoms with Gasteiger partial charge >= 0.3 is 0 Å². The van der Waals surface area contributed by atoms with Crippen LogP contribution in [0.15, 0.2) is 16.6 Å². The zero-order valence-electron chi connectivity index (χ0n) is 14.4. The van der Waals surface area contributed by atoms with E-state index in [-0.39, 0.29) is 41.5 Å². The molecule has 23 heavy (non-hydrogen) atoms. The summed E-state index contributed by atoms with van der Waals surface area (Å²) in [5.74, 6) is 0.892. The molecule has 0 spiro atoms. The highest BCUT2D eigenvalue weighted by atomic mass is 127. The van der Waals surface area contributed by atoms with Crippen LogP contribution in [0, 0.1) is 0 Å². The van der Waals surface area contributed by atoms with Crippen molar-refractivity contribution in [2.75, 3.05) is 20.1 Å². The van der Waals surface area contributed by atoms with E-state index < -0.39 is 0 Å². The van der Waals surface area contributed by atoms with Crippen LogP contribution in [0.1, 0.15) is 32.7 Å². The third-order valence-electron chi connectivity index (χ3n) is 3.73. The van der Waals surface area contributed by atoms with Gasteiger partial charge in [-0.15, -0.1) is 35.3 Å². The van der Waals surface area contributed by atoms with Crippen LogP contribution in [0.3, 0.4) is 0 Å². The molecule has 0 atom stereocenters. The number of amides is 1. The number of nitrogens with zero attached hydrogens (tertiary/aromatic N) is 4. The van der Waals surface area contributed by atoms with Gasteiger partial charge in [-0.2, -0.15) is 0 Å². The number of aliphatic imine (C=N–C) groups is 1. The molecule has 1 aromatic heterocycles. The number of hydrogen-bond donors (Lipinski definition) is 1. The minimum Gasteiger partial charge on any atom is -0.350 e. The number of aromatic nitrogens is 1. The molecule has 1 N–H and O–H groups in total. The molecule has 1 saturated heterocycles. The van der Waals surface area contributed by atoms with Crippen LogP contribution in [0.5, 0.6) is 0 Å². The number of piperazine rings is 1. The first-order valence-corrected chi connectivity index (χ1v) is 8.39. The van der Waals surface area contributed by atoms with E-state index in [0.29, 0.717) is 13.1 Å². The first kappa shape index (κ1) is 20.1. The molecule has 1 fully saturated rings. The van der Waals surface area contributed by atoms with Crippen LogP contribution in [0.2, 0.25) is 0 Å². The molecular weight excluding hydrogens is 425 g/mol. The molecule has 0 unspecified atom stereocenters. The molecule has 1 aromatic rings. The number of carbonyl (C=O) groups is 1. The summed E-state index contributed by atoms with van der Waals surface area (Å²) in [4.78, 5) is 25.1. The Balaban J connectivity index is 0.00000264. The fourth-order valence-corrected chi connectivity index (χ4v) is 3.70. The van der Waals surface area contributed by atoms with Crippen molar-refractivity contribution in [2.24, 2.45) is 4.99 Å². The molecule has 1 aliphatic heterocycles. The van der Waals surface area contributed by atoms with Crippen LogP contribution < -0.4 is 5.32 Å². The molecule has 1 amide bonds. The van der Waals surface area contributed by atoms with Crippen LogP contribution in [-0.2, 0) is 11.3 Å². The van der Waals surface area contributed by atoms with E-state index in [0.717, 1.165) is 17.5 Å². The van der Waals surface area contributed by atoms with Gasteiger partial charge in [0, 0.05) is 31.2 Å². The van der Waals surface area contributed by atoms with Gasteiger partial charge in [-0.05, 0) is 27.7 Å². The second-order valence-electron chi connectivity index (χ2n) is 6.35. The van der Waals surface area contributed by atoms with Crippen LogP contribution in [0.4, 0.5) is 0 Å². The Morgan fingerprint density at radius 1 is 1.52 bits per heavy atom. The first-order chi connectivity index (χ1) is 10.3. The number of guanidine groups is 1. The zero-order chi connectivity index (χ0) is 16.3. The van der Waals surface area contributed by atoms with Crippen molar-refractivity contribution in [3.63, 3.8) is 0 Å². The highest BCUT2D eigenvalue weighted by Crippen LogP contribution is 2.24. The van der Waals surface area contributed by atoms with Gasteiger partial charge in [0.05, 0.1) is 18.6 Å². The number of halogens is 1. The fraction of sp³-hybridized carbons (Fsp3) is 0.667. The topological polar surface area (TPSA) is 60.8 Å². The maximum atomic E-state index is 12.5. The smallest absolute Gasteiger partial charge is 0.242 e.